The molecule has 1 fully saturated rings. The van der Waals surface area contributed by atoms with Gasteiger partial charge in [-0.15, -0.1) is 0 Å². The Kier molecular flexibility index (Phi) is 4.36. The van der Waals surface area contributed by atoms with E-state index in [0.717, 1.165) is 11.1 Å². The minimum Gasteiger partial charge on any atom is -0.495 e. The van der Waals surface area contributed by atoms with E-state index in [1.54, 1.807) is 10.4 Å². The van der Waals surface area contributed by atoms with E-state index in [9.17, 15) is 8.42 Å². The molecule has 0 aromatic heterocycles. The highest BCUT2D eigenvalue weighted by Crippen LogP contribution is 2.32. The lowest BCUT2D eigenvalue weighted by Gasteiger charge is -2.33. The number of piperazine rings is 1. The molecule has 0 radical (unpaired) electrons. The maximum Gasteiger partial charge on any atom is 0.247 e. The van der Waals surface area contributed by atoms with Crippen molar-refractivity contribution in [3.63, 3.8) is 0 Å². The molecule has 0 amide bonds. The first kappa shape index (κ1) is 15.3. The molecule has 1 aliphatic heterocycles. The summed E-state index contributed by atoms with van der Waals surface area (Å²) in [6, 6.07) is 3.56. The van der Waals surface area contributed by atoms with E-state index in [-0.39, 0.29) is 10.9 Å². The summed E-state index contributed by atoms with van der Waals surface area (Å²) in [5.74, 6) is 0.446. The summed E-state index contributed by atoms with van der Waals surface area (Å²) in [6.07, 6.45) is 0. The van der Waals surface area contributed by atoms with Crippen molar-refractivity contribution >= 4 is 10.0 Å². The lowest BCUT2D eigenvalue weighted by atomic mass is 10.1. The van der Waals surface area contributed by atoms with Gasteiger partial charge in [0, 0.05) is 25.7 Å². The number of aryl methyl sites for hydroxylation is 2. The van der Waals surface area contributed by atoms with Crippen LogP contribution < -0.4 is 10.1 Å². The van der Waals surface area contributed by atoms with E-state index in [2.05, 4.69) is 5.32 Å². The Morgan fingerprint density at radius 2 is 2.05 bits per heavy atom. The summed E-state index contributed by atoms with van der Waals surface area (Å²) in [6.45, 7) is 7.51. The van der Waals surface area contributed by atoms with Crippen LogP contribution in [0.25, 0.3) is 0 Å². The normalized spacial score (nSPS) is 20.9. The van der Waals surface area contributed by atoms with E-state index in [1.807, 2.05) is 26.8 Å². The van der Waals surface area contributed by atoms with Crippen molar-refractivity contribution in [2.75, 3.05) is 26.7 Å². The zero-order valence-electron chi connectivity index (χ0n) is 12.4. The second-order valence-electron chi connectivity index (χ2n) is 5.28. The van der Waals surface area contributed by atoms with Gasteiger partial charge in [-0.1, -0.05) is 6.07 Å². The first-order valence-electron chi connectivity index (χ1n) is 6.75. The van der Waals surface area contributed by atoms with E-state index >= 15 is 0 Å². The first-order chi connectivity index (χ1) is 9.37. The van der Waals surface area contributed by atoms with Crippen LogP contribution in [0.2, 0.25) is 0 Å². The number of hydrogen-bond acceptors (Lipinski definition) is 4. The minimum absolute atomic E-state index is 0.0562. The lowest BCUT2D eigenvalue weighted by Crippen LogP contribution is -2.52. The van der Waals surface area contributed by atoms with Gasteiger partial charge in [0.25, 0.3) is 0 Å². The maximum atomic E-state index is 12.9. The van der Waals surface area contributed by atoms with Crippen LogP contribution in [0.15, 0.2) is 17.0 Å². The standard InChI is InChI=1S/C14H22N2O3S/c1-10-7-11(2)14(19-4)13(8-10)20(17,18)16-6-5-15-9-12(16)3/h7-8,12,15H,5-6,9H2,1-4H3. The number of sulfonamides is 1. The Hall–Kier alpha value is -1.11. The summed E-state index contributed by atoms with van der Waals surface area (Å²) in [7, 11) is -2.02. The molecule has 1 aromatic rings. The average molecular weight is 298 g/mol. The monoisotopic (exact) mass is 298 g/mol. The Balaban J connectivity index is 2.54. The number of methoxy groups -OCH3 is 1. The third-order valence-electron chi connectivity index (χ3n) is 3.62. The van der Waals surface area contributed by atoms with Crippen molar-refractivity contribution in [1.29, 1.82) is 0 Å². The average Bonchev–Trinajstić information content (AvgIpc) is 2.38. The molecule has 1 heterocycles. The molecule has 5 nitrogen and oxygen atoms in total. The Morgan fingerprint density at radius 1 is 1.35 bits per heavy atom. The molecular weight excluding hydrogens is 276 g/mol. The second-order valence-corrected chi connectivity index (χ2v) is 7.14. The second kappa shape index (κ2) is 5.71. The van der Waals surface area contributed by atoms with Crippen molar-refractivity contribution < 1.29 is 13.2 Å². The fraction of sp³-hybridized carbons (Fsp3) is 0.571. The molecule has 1 aromatic carbocycles. The molecule has 0 saturated carbocycles. The Morgan fingerprint density at radius 3 is 2.65 bits per heavy atom. The number of nitrogens with zero attached hydrogens (tertiary/aromatic N) is 1. The molecule has 1 aliphatic rings. The highest BCUT2D eigenvalue weighted by atomic mass is 32.2. The molecule has 1 N–H and O–H groups in total. The largest absolute Gasteiger partial charge is 0.495 e. The molecule has 1 atom stereocenters. The SMILES string of the molecule is COc1c(C)cc(C)cc1S(=O)(=O)N1CCNCC1C. The topological polar surface area (TPSA) is 58.6 Å². The van der Waals surface area contributed by atoms with Crippen LogP contribution in [0.3, 0.4) is 0 Å². The molecule has 6 heteroatoms. The lowest BCUT2D eigenvalue weighted by molar-refractivity contribution is 0.282. The quantitative estimate of drug-likeness (QED) is 0.913. The van der Waals surface area contributed by atoms with Crippen molar-refractivity contribution in [2.45, 2.75) is 31.7 Å². The smallest absolute Gasteiger partial charge is 0.247 e. The Labute approximate surface area is 121 Å². The van der Waals surface area contributed by atoms with E-state index in [4.69, 9.17) is 4.74 Å². The van der Waals surface area contributed by atoms with Gasteiger partial charge >= 0.3 is 0 Å². The molecule has 1 unspecified atom stereocenters. The van der Waals surface area contributed by atoms with Crippen molar-refractivity contribution in [3.8, 4) is 5.75 Å². The third-order valence-corrected chi connectivity index (χ3v) is 5.63. The molecule has 0 bridgehead atoms. The van der Waals surface area contributed by atoms with Gasteiger partial charge in [-0.05, 0) is 38.0 Å². The number of benzene rings is 1. The zero-order valence-corrected chi connectivity index (χ0v) is 13.3. The highest BCUT2D eigenvalue weighted by Gasteiger charge is 2.33. The molecule has 0 aliphatic carbocycles. The number of hydrogen-bond donors (Lipinski definition) is 1. The minimum atomic E-state index is -3.53. The van der Waals surface area contributed by atoms with Crippen LogP contribution in [-0.4, -0.2) is 45.5 Å². The fourth-order valence-electron chi connectivity index (χ4n) is 2.67. The van der Waals surface area contributed by atoms with Crippen molar-refractivity contribution in [2.24, 2.45) is 0 Å². The summed E-state index contributed by atoms with van der Waals surface area (Å²) in [4.78, 5) is 0.270. The summed E-state index contributed by atoms with van der Waals surface area (Å²) >= 11 is 0. The zero-order chi connectivity index (χ0) is 14.9. The predicted molar refractivity (Wildman–Crippen MR) is 78.7 cm³/mol. The molecular formula is C14H22N2O3S. The van der Waals surface area contributed by atoms with Gasteiger partial charge in [-0.3, -0.25) is 0 Å². The summed E-state index contributed by atoms with van der Waals surface area (Å²) in [5, 5.41) is 3.20. The number of ether oxygens (including phenoxy) is 1. The molecule has 112 valence electrons. The van der Waals surface area contributed by atoms with Crippen LogP contribution >= 0.6 is 0 Å². The van der Waals surface area contributed by atoms with Crippen LogP contribution in [0.5, 0.6) is 5.75 Å². The summed E-state index contributed by atoms with van der Waals surface area (Å²) < 4.78 is 32.7. The van der Waals surface area contributed by atoms with Crippen LogP contribution in [0, 0.1) is 13.8 Å². The van der Waals surface area contributed by atoms with E-state index < -0.39 is 10.0 Å². The maximum absolute atomic E-state index is 12.9. The van der Waals surface area contributed by atoms with Crippen LogP contribution in [-0.2, 0) is 10.0 Å². The molecule has 20 heavy (non-hydrogen) atoms. The van der Waals surface area contributed by atoms with Gasteiger partial charge in [-0.2, -0.15) is 4.31 Å². The van der Waals surface area contributed by atoms with Crippen LogP contribution in [0.1, 0.15) is 18.1 Å². The van der Waals surface area contributed by atoms with E-state index in [1.165, 1.54) is 7.11 Å². The highest BCUT2D eigenvalue weighted by molar-refractivity contribution is 7.89. The van der Waals surface area contributed by atoms with Gasteiger partial charge in [0.05, 0.1) is 7.11 Å². The van der Waals surface area contributed by atoms with Crippen molar-refractivity contribution in [3.05, 3.63) is 23.3 Å². The van der Waals surface area contributed by atoms with Gasteiger partial charge in [0.1, 0.15) is 10.6 Å². The first-order valence-corrected chi connectivity index (χ1v) is 8.19. The van der Waals surface area contributed by atoms with Crippen molar-refractivity contribution in [1.82, 2.24) is 9.62 Å². The van der Waals surface area contributed by atoms with E-state index in [0.29, 0.717) is 25.4 Å². The predicted octanol–water partition coefficient (Wildman–Crippen LogP) is 1.29. The van der Waals surface area contributed by atoms with Gasteiger partial charge < -0.3 is 10.1 Å². The summed E-state index contributed by atoms with van der Waals surface area (Å²) in [5.41, 5.74) is 1.76. The molecule has 0 spiro atoms. The third kappa shape index (κ3) is 2.68. The van der Waals surface area contributed by atoms with Gasteiger partial charge in [-0.25, -0.2) is 8.42 Å². The van der Waals surface area contributed by atoms with Gasteiger partial charge in [0.15, 0.2) is 0 Å². The fourth-order valence-corrected chi connectivity index (χ4v) is 4.62. The number of nitrogens with one attached hydrogen (secondary N) is 1. The van der Waals surface area contributed by atoms with Crippen LogP contribution in [0.4, 0.5) is 0 Å². The molecule has 1 saturated heterocycles. The Bertz CT molecular complexity index is 599. The molecule has 2 rings (SSSR count). The van der Waals surface area contributed by atoms with Gasteiger partial charge in [0.2, 0.25) is 10.0 Å². The number of rotatable bonds is 3.